The molecule has 0 bridgehead atoms. The molecule has 1 atom stereocenters. The summed E-state index contributed by atoms with van der Waals surface area (Å²) in [6.45, 7) is 0. The van der Waals surface area contributed by atoms with E-state index in [0.717, 1.165) is 48.5 Å². The number of anilines is 1. The van der Waals surface area contributed by atoms with Gasteiger partial charge in [0.15, 0.2) is 16.3 Å². The van der Waals surface area contributed by atoms with Crippen LogP contribution < -0.4 is 104 Å². The van der Waals surface area contributed by atoms with Crippen molar-refractivity contribution in [1.29, 1.82) is 0 Å². The standard InChI is InChI=1S/C21H13Cl2N7O10S2.3Na/c22-15-8-12(18(23)28-26-15)19(31)24-9-1-6-13(14(7-9)42(38,39)40)25-27-16-17(21(33)34)29-30(20(16)32)10-2-4-11(5-3-10)41(35,36)37;;;/h1-8,16H,(H,24,31)(H,33,34)(H,35,36,37)(H,38,39,40);;;/q;3*+1/p-3. The Balaban J connectivity index is 0.00000337. The summed E-state index contributed by atoms with van der Waals surface area (Å²) in [5.74, 6) is -4.07. The van der Waals surface area contributed by atoms with Crippen molar-refractivity contribution < 1.29 is 134 Å². The summed E-state index contributed by atoms with van der Waals surface area (Å²) >= 11 is 11.5. The van der Waals surface area contributed by atoms with Gasteiger partial charge in [-0.1, -0.05) is 23.2 Å². The van der Waals surface area contributed by atoms with Crippen LogP contribution in [0, 0.1) is 0 Å². The molecule has 4 rings (SSSR count). The summed E-state index contributed by atoms with van der Waals surface area (Å²) < 4.78 is 67.2. The van der Waals surface area contributed by atoms with E-state index in [1.165, 1.54) is 0 Å². The summed E-state index contributed by atoms with van der Waals surface area (Å²) in [6, 6.07) is 5.56. The van der Waals surface area contributed by atoms with Gasteiger partial charge in [-0.05, 0) is 54.4 Å². The second kappa shape index (κ2) is 16.6. The van der Waals surface area contributed by atoms with Crippen molar-refractivity contribution in [2.45, 2.75) is 15.8 Å². The molecule has 1 aromatic heterocycles. The summed E-state index contributed by atoms with van der Waals surface area (Å²) in [7, 11) is -9.87. The summed E-state index contributed by atoms with van der Waals surface area (Å²) in [5, 5.41) is 41.7. The van der Waals surface area contributed by atoms with Crippen LogP contribution in [0.15, 0.2) is 78.6 Å². The van der Waals surface area contributed by atoms with Gasteiger partial charge in [0.1, 0.15) is 26.4 Å². The van der Waals surface area contributed by atoms with Gasteiger partial charge in [0, 0.05) is 5.56 Å². The largest absolute Gasteiger partial charge is 1.00 e. The Morgan fingerprint density at radius 2 is 1.58 bits per heavy atom. The number of hydrogen-bond acceptors (Lipinski definition) is 15. The van der Waals surface area contributed by atoms with Crippen LogP contribution in [0.3, 0.4) is 0 Å². The number of amides is 1. The third kappa shape index (κ3) is 10.0. The van der Waals surface area contributed by atoms with Gasteiger partial charge in [-0.25, -0.2) is 8.42 Å². The number of aliphatic carboxylic acids is 1. The Bertz CT molecular complexity index is 1950. The second-order valence-electron chi connectivity index (χ2n) is 7.90. The van der Waals surface area contributed by atoms with Crippen LogP contribution in [0.5, 0.6) is 0 Å². The average molecular weight is 724 g/mol. The van der Waals surface area contributed by atoms with Crippen LogP contribution in [0.1, 0.15) is 5.56 Å². The van der Waals surface area contributed by atoms with Crippen molar-refractivity contribution >= 4 is 84.0 Å². The first-order chi connectivity index (χ1) is 19.6. The zero-order valence-electron chi connectivity index (χ0n) is 23.0. The number of aliphatic imine (C=N–C) groups is 1. The number of carbonyl (C=O) groups is 2. The maximum absolute atomic E-state index is 12.9. The third-order valence-corrected chi connectivity index (χ3v) is 7.37. The number of aromatic nitrogens is 2. The monoisotopic (exact) mass is 723 g/mol. The topological polar surface area (TPSA) is 270 Å². The predicted octanol–water partition coefficient (Wildman–Crippen LogP) is -9.01. The molecule has 0 saturated carbocycles. The fourth-order valence-corrected chi connectivity index (χ4v) is 4.73. The van der Waals surface area contributed by atoms with E-state index in [2.05, 4.69) is 30.5 Å². The number of nitrogens with zero attached hydrogens (tertiary/aromatic N) is 7. The van der Waals surface area contributed by atoms with Crippen molar-refractivity contribution in [3.63, 3.8) is 0 Å². The molecule has 1 amide bonds. The molecule has 0 spiro atoms. The van der Waals surface area contributed by atoms with Gasteiger partial charge >= 0.3 is 88.7 Å². The molecule has 218 valence electrons. The van der Waals surface area contributed by atoms with E-state index in [1.54, 1.807) is 0 Å². The van der Waals surface area contributed by atoms with Crippen LogP contribution in [-0.4, -0.2) is 65.7 Å². The minimum Gasteiger partial charge on any atom is -0.858 e. The number of rotatable bonds is 8. The molecule has 17 nitrogen and oxygen atoms in total. The molecule has 0 fully saturated rings. The van der Waals surface area contributed by atoms with Crippen molar-refractivity contribution in [2.75, 3.05) is 5.01 Å². The van der Waals surface area contributed by atoms with E-state index >= 15 is 0 Å². The molecule has 24 heteroatoms. The Morgan fingerprint density at radius 1 is 0.956 bits per heavy atom. The molecule has 2 heterocycles. The molecule has 0 radical (unpaired) electrons. The number of halogens is 2. The fraction of sp³-hybridized carbons (Fsp3) is 0.0476. The van der Waals surface area contributed by atoms with Crippen molar-refractivity contribution in [3.8, 4) is 0 Å². The predicted molar refractivity (Wildman–Crippen MR) is 137 cm³/mol. The molecule has 3 aromatic rings. The van der Waals surface area contributed by atoms with Gasteiger partial charge in [-0.2, -0.15) is 28.8 Å². The Hall–Kier alpha value is -1.40. The number of carboxylic acids is 1. The maximum Gasteiger partial charge on any atom is 1.00 e. The van der Waals surface area contributed by atoms with Crippen LogP contribution >= 0.6 is 23.2 Å². The fourth-order valence-electron chi connectivity index (χ4n) is 3.30. The first kappa shape index (κ1) is 41.6. The average Bonchev–Trinajstić information content (AvgIpc) is 3.24. The number of carbonyl (C=O) groups excluding carboxylic acids is 2. The summed E-state index contributed by atoms with van der Waals surface area (Å²) in [6.07, 6.45) is 0. The Morgan fingerprint density at radius 3 is 2.13 bits per heavy atom. The van der Waals surface area contributed by atoms with Crippen molar-refractivity contribution in [2.24, 2.45) is 20.3 Å². The Labute approximate surface area is 330 Å². The van der Waals surface area contributed by atoms with E-state index in [9.17, 15) is 45.7 Å². The second-order valence-corrected chi connectivity index (χ2v) is 11.4. The van der Waals surface area contributed by atoms with Crippen LogP contribution in [0.25, 0.3) is 0 Å². The molecule has 45 heavy (non-hydrogen) atoms. The minimum absolute atomic E-state index is 0. The van der Waals surface area contributed by atoms with Crippen LogP contribution in [-0.2, 0) is 29.8 Å². The first-order valence-electron chi connectivity index (χ1n) is 10.7. The maximum atomic E-state index is 12.9. The smallest absolute Gasteiger partial charge is 0.858 e. The van der Waals surface area contributed by atoms with Crippen LogP contribution in [0.2, 0.25) is 10.3 Å². The molecule has 1 aliphatic heterocycles. The van der Waals surface area contributed by atoms with E-state index in [4.69, 9.17) is 23.2 Å². The molecule has 1 aliphatic rings. The molecular formula is C21H10Cl2N7Na3O10S2. The quantitative estimate of drug-likeness (QED) is 0.0746. The zero-order valence-corrected chi connectivity index (χ0v) is 32.2. The number of benzene rings is 2. The van der Waals surface area contributed by atoms with Crippen molar-refractivity contribution in [1.82, 2.24) is 10.2 Å². The first-order valence-corrected chi connectivity index (χ1v) is 14.3. The number of hydrogen-bond donors (Lipinski definition) is 1. The Kier molecular flexibility index (Phi) is 15.4. The zero-order chi connectivity index (χ0) is 31.0. The van der Waals surface area contributed by atoms with Gasteiger partial charge in [-0.3, -0.25) is 14.3 Å². The number of carboxylic acid groups (broad SMARTS) is 1. The van der Waals surface area contributed by atoms with Gasteiger partial charge < -0.3 is 19.6 Å². The van der Waals surface area contributed by atoms with E-state index < -0.39 is 65.2 Å². The van der Waals surface area contributed by atoms with Gasteiger partial charge in [0.2, 0.25) is 0 Å². The van der Waals surface area contributed by atoms with Gasteiger partial charge in [-0.15, -0.1) is 10.2 Å². The van der Waals surface area contributed by atoms with E-state index in [0.29, 0.717) is 5.01 Å². The molecule has 1 N–H and O–H groups in total. The normalized spacial score (nSPS) is 15.2. The van der Waals surface area contributed by atoms with E-state index in [-0.39, 0.29) is 116 Å². The van der Waals surface area contributed by atoms with Crippen molar-refractivity contribution in [3.05, 3.63) is 64.4 Å². The molecule has 0 saturated heterocycles. The SMILES string of the molecule is O=C([O-])C1=NN(c2ccc(S(=O)(=O)[O-])cc2)C(=O)C1N=Nc1ccc(N=C([O-])c2cc(Cl)nnc2Cl)cc1S(=O)(=O)O.[Na+].[Na+].[Na+]. The van der Waals surface area contributed by atoms with E-state index in [1.807, 2.05) is 0 Å². The van der Waals surface area contributed by atoms with Crippen LogP contribution in [0.4, 0.5) is 17.1 Å². The third-order valence-electron chi connectivity index (χ3n) is 5.17. The molecule has 0 aliphatic carbocycles. The molecular weight excluding hydrogens is 714 g/mol. The van der Waals surface area contributed by atoms with Gasteiger partial charge in [0.25, 0.3) is 16.0 Å². The number of azo groups is 1. The molecule has 2 aromatic carbocycles. The summed E-state index contributed by atoms with van der Waals surface area (Å²) in [4.78, 5) is 26.6. The van der Waals surface area contributed by atoms with Gasteiger partial charge in [0.05, 0.1) is 22.2 Å². The minimum atomic E-state index is -5.05. The molecule has 1 unspecified atom stereocenters. The number of hydrazone groups is 1. The summed E-state index contributed by atoms with van der Waals surface area (Å²) in [5.41, 5.74) is -2.26.